The molecule has 27 heavy (non-hydrogen) atoms. The molecule has 1 fully saturated rings. The van der Waals surface area contributed by atoms with Crippen molar-refractivity contribution in [3.05, 3.63) is 47.9 Å². The molecule has 1 aromatic heterocycles. The van der Waals surface area contributed by atoms with Crippen molar-refractivity contribution in [1.29, 1.82) is 0 Å². The third-order valence-corrected chi connectivity index (χ3v) is 5.19. The van der Waals surface area contributed by atoms with E-state index in [0.29, 0.717) is 18.1 Å². The van der Waals surface area contributed by atoms with E-state index < -0.39 is 24.5 Å². The SMILES string of the molecule is OC[C@H]1O[C@@H](n2cnc3c2N=CN2C[C@H](c4ccccc4)N=C32)[C@H](O)[C@@H]1O. The topological polar surface area (TPSA) is 116 Å². The molecule has 4 heterocycles. The minimum Gasteiger partial charge on any atom is -0.394 e. The lowest BCUT2D eigenvalue weighted by atomic mass is 10.1. The molecule has 0 spiro atoms. The van der Waals surface area contributed by atoms with Gasteiger partial charge < -0.3 is 25.0 Å². The van der Waals surface area contributed by atoms with Crippen molar-refractivity contribution in [3.8, 4) is 0 Å². The molecule has 0 unspecified atom stereocenters. The molecule has 3 N–H and O–H groups in total. The van der Waals surface area contributed by atoms with Crippen molar-refractivity contribution < 1.29 is 20.1 Å². The van der Waals surface area contributed by atoms with Crippen molar-refractivity contribution >= 4 is 18.0 Å². The fourth-order valence-corrected chi connectivity index (χ4v) is 3.75. The molecule has 0 aliphatic carbocycles. The highest BCUT2D eigenvalue weighted by Gasteiger charge is 2.45. The minimum absolute atomic E-state index is 0.00216. The maximum Gasteiger partial charge on any atom is 0.167 e. The quantitative estimate of drug-likeness (QED) is 0.700. The van der Waals surface area contributed by atoms with Gasteiger partial charge in [0.2, 0.25) is 0 Å². The van der Waals surface area contributed by atoms with Gasteiger partial charge in [0.15, 0.2) is 23.6 Å². The van der Waals surface area contributed by atoms with Crippen molar-refractivity contribution in [1.82, 2.24) is 14.5 Å². The number of rotatable bonds is 3. The van der Waals surface area contributed by atoms with E-state index in [9.17, 15) is 15.3 Å². The molecular weight excluding hydrogens is 350 g/mol. The highest BCUT2D eigenvalue weighted by atomic mass is 16.6. The molecule has 0 amide bonds. The molecule has 0 radical (unpaired) electrons. The van der Waals surface area contributed by atoms with Gasteiger partial charge in [-0.2, -0.15) is 0 Å². The molecule has 140 valence electrons. The first-order valence-corrected chi connectivity index (χ1v) is 8.80. The van der Waals surface area contributed by atoms with E-state index in [0.717, 1.165) is 11.4 Å². The monoisotopic (exact) mass is 369 g/mol. The van der Waals surface area contributed by atoms with Crippen LogP contribution in [0.25, 0.3) is 0 Å². The van der Waals surface area contributed by atoms with Gasteiger partial charge in [0.05, 0.1) is 31.9 Å². The van der Waals surface area contributed by atoms with Crippen LogP contribution in [0.2, 0.25) is 0 Å². The van der Waals surface area contributed by atoms with Gasteiger partial charge in [0, 0.05) is 0 Å². The Bertz CT molecular complexity index is 912. The van der Waals surface area contributed by atoms with E-state index in [1.165, 1.54) is 6.33 Å². The predicted molar refractivity (Wildman–Crippen MR) is 95.8 cm³/mol. The number of nitrogens with zero attached hydrogens (tertiary/aromatic N) is 5. The first kappa shape index (κ1) is 16.6. The van der Waals surface area contributed by atoms with E-state index in [1.54, 1.807) is 10.9 Å². The molecule has 1 aromatic carbocycles. The Morgan fingerprint density at radius 1 is 1.15 bits per heavy atom. The third kappa shape index (κ3) is 2.51. The summed E-state index contributed by atoms with van der Waals surface area (Å²) in [6, 6.07) is 10.0. The summed E-state index contributed by atoms with van der Waals surface area (Å²) in [6.45, 7) is 0.303. The number of benzene rings is 1. The van der Waals surface area contributed by atoms with Gasteiger partial charge in [0.25, 0.3) is 0 Å². The van der Waals surface area contributed by atoms with Crippen molar-refractivity contribution in [2.45, 2.75) is 30.6 Å². The lowest BCUT2D eigenvalue weighted by Crippen LogP contribution is -2.33. The highest BCUT2D eigenvalue weighted by molar-refractivity contribution is 6.09. The molecule has 3 aliphatic rings. The number of aliphatic hydroxyl groups is 3. The minimum atomic E-state index is -1.18. The second kappa shape index (κ2) is 6.24. The fraction of sp³-hybridized carbons (Fsp3) is 0.389. The summed E-state index contributed by atoms with van der Waals surface area (Å²) in [6.07, 6.45) is -0.861. The molecule has 0 saturated carbocycles. The summed E-state index contributed by atoms with van der Waals surface area (Å²) in [5.41, 5.74) is 1.73. The zero-order valence-corrected chi connectivity index (χ0v) is 14.3. The number of hydrogen-bond acceptors (Lipinski definition) is 8. The van der Waals surface area contributed by atoms with E-state index in [-0.39, 0.29) is 12.6 Å². The van der Waals surface area contributed by atoms with Crippen LogP contribution in [0.3, 0.4) is 0 Å². The van der Waals surface area contributed by atoms with Crippen LogP contribution in [-0.2, 0) is 4.74 Å². The Morgan fingerprint density at radius 2 is 1.96 bits per heavy atom. The summed E-state index contributed by atoms with van der Waals surface area (Å²) in [5.74, 6) is 1.23. The molecule has 9 nitrogen and oxygen atoms in total. The Balaban J connectivity index is 1.49. The molecular formula is C18H19N5O4. The predicted octanol–water partition coefficient (Wildman–Crippen LogP) is -0.0285. The Hall–Kier alpha value is -2.59. The van der Waals surface area contributed by atoms with Crippen LogP contribution in [0.15, 0.2) is 46.6 Å². The number of fused-ring (bicyclic) bond motifs is 3. The summed E-state index contributed by atoms with van der Waals surface area (Å²) in [7, 11) is 0. The number of amidine groups is 1. The van der Waals surface area contributed by atoms with Crippen molar-refractivity contribution in [3.63, 3.8) is 0 Å². The van der Waals surface area contributed by atoms with Crippen LogP contribution in [-0.4, -0.2) is 73.4 Å². The van der Waals surface area contributed by atoms with Gasteiger partial charge in [-0.1, -0.05) is 30.3 Å². The van der Waals surface area contributed by atoms with Crippen LogP contribution in [0.1, 0.15) is 23.5 Å². The Morgan fingerprint density at radius 3 is 2.70 bits per heavy atom. The van der Waals surface area contributed by atoms with Gasteiger partial charge in [-0.25, -0.2) is 9.98 Å². The Kier molecular flexibility index (Phi) is 3.83. The standard InChI is InChI=1S/C18H19N5O4/c24-7-12-14(25)15(26)18(27-12)23-9-19-13-16(23)20-8-22-6-11(21-17(13)22)10-4-2-1-3-5-10/h1-5,8-9,11-12,14-15,18,24-26H,6-7H2/t11-,12-,14-,15-,18-/m1/s1. The number of aromatic nitrogens is 2. The second-order valence-electron chi connectivity index (χ2n) is 6.83. The maximum atomic E-state index is 10.3. The number of ether oxygens (including phenoxy) is 1. The molecule has 1 saturated heterocycles. The molecule has 9 heteroatoms. The van der Waals surface area contributed by atoms with Crippen LogP contribution >= 0.6 is 0 Å². The van der Waals surface area contributed by atoms with Crippen LogP contribution in [0.4, 0.5) is 5.82 Å². The fourth-order valence-electron chi connectivity index (χ4n) is 3.75. The van der Waals surface area contributed by atoms with Gasteiger partial charge >= 0.3 is 0 Å². The van der Waals surface area contributed by atoms with E-state index in [4.69, 9.17) is 9.73 Å². The van der Waals surface area contributed by atoms with Gasteiger partial charge in [-0.05, 0) is 5.56 Å². The normalized spacial score (nSPS) is 31.7. The van der Waals surface area contributed by atoms with E-state index in [1.807, 2.05) is 35.2 Å². The highest BCUT2D eigenvalue weighted by Crippen LogP contribution is 2.37. The average molecular weight is 369 g/mol. The van der Waals surface area contributed by atoms with E-state index in [2.05, 4.69) is 9.98 Å². The molecule has 5 rings (SSSR count). The first-order chi connectivity index (χ1) is 13.2. The average Bonchev–Trinajstić information content (AvgIpc) is 3.38. The van der Waals surface area contributed by atoms with Crippen LogP contribution in [0.5, 0.6) is 0 Å². The molecule has 5 atom stereocenters. The number of aliphatic imine (C=N–C) groups is 2. The first-order valence-electron chi connectivity index (χ1n) is 8.80. The molecule has 0 bridgehead atoms. The Labute approximate surface area is 154 Å². The van der Waals surface area contributed by atoms with Gasteiger partial charge in [-0.3, -0.25) is 9.56 Å². The van der Waals surface area contributed by atoms with Gasteiger partial charge in [-0.15, -0.1) is 0 Å². The van der Waals surface area contributed by atoms with Crippen molar-refractivity contribution in [2.75, 3.05) is 13.2 Å². The smallest absolute Gasteiger partial charge is 0.167 e. The van der Waals surface area contributed by atoms with Crippen LogP contribution in [0, 0.1) is 0 Å². The van der Waals surface area contributed by atoms with Crippen LogP contribution < -0.4 is 0 Å². The van der Waals surface area contributed by atoms with Gasteiger partial charge in [0.1, 0.15) is 18.3 Å². The molecule has 3 aliphatic heterocycles. The molecule has 2 aromatic rings. The largest absolute Gasteiger partial charge is 0.394 e. The summed E-state index contributed by atoms with van der Waals surface area (Å²) >= 11 is 0. The maximum absolute atomic E-state index is 10.3. The lowest BCUT2D eigenvalue weighted by Gasteiger charge is -2.21. The summed E-state index contributed by atoms with van der Waals surface area (Å²) in [5, 5.41) is 29.6. The second-order valence-corrected chi connectivity index (χ2v) is 6.83. The van der Waals surface area contributed by atoms with Crippen molar-refractivity contribution in [2.24, 2.45) is 9.98 Å². The van der Waals surface area contributed by atoms with E-state index >= 15 is 0 Å². The lowest BCUT2D eigenvalue weighted by molar-refractivity contribution is -0.0519. The zero-order valence-electron chi connectivity index (χ0n) is 14.3. The number of hydrogen-bond donors (Lipinski definition) is 3. The number of imidazole rings is 1. The summed E-state index contributed by atoms with van der Waals surface area (Å²) < 4.78 is 7.17. The third-order valence-electron chi connectivity index (χ3n) is 5.19. The number of aliphatic hydroxyl groups excluding tert-OH is 3. The summed E-state index contributed by atoms with van der Waals surface area (Å²) in [4.78, 5) is 15.7. The zero-order chi connectivity index (χ0) is 18.5.